The molecule has 100 heavy (non-hydrogen) atoms. The van der Waals surface area contributed by atoms with E-state index in [2.05, 4.69) is 67.6 Å². The molecule has 4 N–H and O–H groups in total. The smallest absolute Gasteiger partial charge is 0.338 e. The fraction of sp³-hybridized carbons (Fsp3) is 0.304. The van der Waals surface area contributed by atoms with Crippen LogP contribution in [0.4, 0.5) is 8.78 Å². The number of carboxylic acid groups (broad SMARTS) is 1. The number of carbonyl (C=O) groups is 2. The van der Waals surface area contributed by atoms with E-state index < -0.39 is 23.5 Å². The zero-order valence-electron chi connectivity index (χ0n) is 50.9. The highest BCUT2D eigenvalue weighted by atomic mass is 33.5. The molecule has 2 unspecified atom stereocenters. The minimum atomic E-state index is -1.31. The van der Waals surface area contributed by atoms with Gasteiger partial charge in [-0.1, -0.05) is 12.1 Å². The van der Waals surface area contributed by atoms with Crippen LogP contribution < -0.4 is 16.4 Å². The number of carboxylic acids is 1. The molecule has 2 aliphatic rings. The van der Waals surface area contributed by atoms with Gasteiger partial charge in [0.15, 0.2) is 27.5 Å². The summed E-state index contributed by atoms with van der Waals surface area (Å²) in [7, 11) is 50.9. The Morgan fingerprint density at radius 2 is 0.920 bits per heavy atom. The summed E-state index contributed by atoms with van der Waals surface area (Å²) in [5.41, 5.74) is 4.47. The summed E-state index contributed by atoms with van der Waals surface area (Å²) >= 11 is 12.7. The highest BCUT2D eigenvalue weighted by Gasteiger charge is 2.32. The SMILES string of the molecule is CC1CNCc2nnc(-c3nccs3)n21.Cc1c(Cc2ccc(F)c(C(=O)N3Cc4nnc(-c5nccs5)n4C(C)C3)c2)n[nH]c(=O)c1C.Cc1c(Cc2ccc(F)c(C(=O)O)c2)n[nH]c(=O)c1C.S=S=S=S=S=S=S=S=S=S=S=S=S=S=S=S=S=S=S=S=S=S=S=S=S=S=S=S=S=S=S. The maximum atomic E-state index is 14.7. The molecule has 2 aliphatic heterocycles. The molecule has 0 bridgehead atoms. The predicted octanol–water partition coefficient (Wildman–Crippen LogP) is 5.85. The Kier molecular flexibility index (Phi) is 42.1. The maximum absolute atomic E-state index is 14.7. The summed E-state index contributed by atoms with van der Waals surface area (Å²) in [4.78, 5) is 57.6. The second-order valence-corrected chi connectivity index (χ2v) is 71.7. The molecular formula is C46H46F2N14O5S33. The Morgan fingerprint density at radius 1 is 0.540 bits per heavy atom. The van der Waals surface area contributed by atoms with E-state index in [1.807, 2.05) is 162 Å². The van der Waals surface area contributed by atoms with Gasteiger partial charge in [0.05, 0.1) is 41.6 Å². The number of aromatic amines is 2. The van der Waals surface area contributed by atoms with Crippen molar-refractivity contribution < 1.29 is 23.5 Å². The van der Waals surface area contributed by atoms with Gasteiger partial charge in [-0.2, -0.15) is 10.2 Å². The van der Waals surface area contributed by atoms with Crippen LogP contribution in [0.25, 0.3) is 21.7 Å². The molecule has 8 aromatic rings. The number of benzene rings is 2. The van der Waals surface area contributed by atoms with E-state index >= 15 is 0 Å². The van der Waals surface area contributed by atoms with Crippen LogP contribution in [0.1, 0.15) is 103 Å². The second kappa shape index (κ2) is 48.7. The van der Waals surface area contributed by atoms with Gasteiger partial charge in [-0.05, 0) is 88.1 Å². The van der Waals surface area contributed by atoms with E-state index in [0.717, 1.165) is 57.5 Å². The molecule has 8 heterocycles. The van der Waals surface area contributed by atoms with E-state index in [1.165, 1.54) is 47.3 Å². The van der Waals surface area contributed by atoms with Gasteiger partial charge in [0.1, 0.15) is 17.5 Å². The number of fused-ring (bicyclic) bond motifs is 2. The van der Waals surface area contributed by atoms with Gasteiger partial charge in [-0.25, -0.2) is 33.7 Å². The Balaban J connectivity index is 0.000000195. The Bertz CT molecular complexity index is 5810. The van der Waals surface area contributed by atoms with Crippen molar-refractivity contribution in [2.24, 2.45) is 0 Å². The average molecular weight is 1970 g/mol. The molecule has 0 saturated carbocycles. The van der Waals surface area contributed by atoms with Crippen LogP contribution in [0.5, 0.6) is 0 Å². The van der Waals surface area contributed by atoms with Gasteiger partial charge in [0.2, 0.25) is 0 Å². The first kappa shape index (κ1) is 86.6. The Labute approximate surface area is 670 Å². The van der Waals surface area contributed by atoms with Crippen molar-refractivity contribution in [1.29, 1.82) is 0 Å². The van der Waals surface area contributed by atoms with Crippen LogP contribution in [0.15, 0.2) is 69.1 Å². The van der Waals surface area contributed by atoms with Gasteiger partial charge >= 0.3 is 5.97 Å². The summed E-state index contributed by atoms with van der Waals surface area (Å²) < 4.78 is 32.2. The van der Waals surface area contributed by atoms with Crippen molar-refractivity contribution in [3.05, 3.63) is 159 Å². The van der Waals surface area contributed by atoms with Crippen molar-refractivity contribution >= 4 is 314 Å². The van der Waals surface area contributed by atoms with Gasteiger partial charge in [-0.15, -0.1) is 43.1 Å². The van der Waals surface area contributed by atoms with Crippen LogP contribution in [-0.4, -0.2) is 94.9 Å². The van der Waals surface area contributed by atoms with Crippen molar-refractivity contribution in [3.8, 4) is 21.7 Å². The fourth-order valence-electron chi connectivity index (χ4n) is 8.28. The molecule has 19 nitrogen and oxygen atoms in total. The summed E-state index contributed by atoms with van der Waals surface area (Å²) in [6, 6.07) is 8.68. The number of hydrogen-bond acceptors (Lipinski definition) is 17. The largest absolute Gasteiger partial charge is 0.478 e. The number of halogens is 2. The number of aromatic nitrogens is 12. The predicted molar refractivity (Wildman–Crippen MR) is 480 cm³/mol. The average Bonchev–Trinajstić information content (AvgIpc) is 1.57. The first-order valence-corrected chi connectivity index (χ1v) is 68.4. The van der Waals surface area contributed by atoms with E-state index in [9.17, 15) is 28.0 Å². The quantitative estimate of drug-likeness (QED) is 0.139. The van der Waals surface area contributed by atoms with Crippen LogP contribution in [0.2, 0.25) is 0 Å². The van der Waals surface area contributed by atoms with Gasteiger partial charge < -0.3 is 24.5 Å². The molecular weight excluding hydrogens is 1920 g/mol. The zero-order valence-corrected chi connectivity index (χ0v) is 77.8. The number of carbonyl (C=O) groups excluding carboxylic acids is 1. The highest BCUT2D eigenvalue weighted by molar-refractivity contribution is 8.80. The Morgan fingerprint density at radius 3 is 1.31 bits per heavy atom. The molecule has 2 atom stereocenters. The van der Waals surface area contributed by atoms with Crippen molar-refractivity contribution in [3.63, 3.8) is 0 Å². The third-order valence-electron chi connectivity index (χ3n) is 12.8. The topological polar surface area (TPSA) is 248 Å². The third kappa shape index (κ3) is 28.7. The minimum absolute atomic E-state index is 0.00314. The highest BCUT2D eigenvalue weighted by Crippen LogP contribution is 2.30. The summed E-state index contributed by atoms with van der Waals surface area (Å²) in [5.74, 6) is 0.135. The first-order chi connectivity index (χ1) is 48.5. The molecule has 6 aromatic heterocycles. The normalized spacial score (nSPS) is 12.7. The zero-order chi connectivity index (χ0) is 71.6. The second-order valence-electron chi connectivity index (χ2n) is 18.6. The lowest BCUT2D eigenvalue weighted by atomic mass is 10.0. The minimum Gasteiger partial charge on any atom is -0.478 e. The number of hydrogen-bond donors (Lipinski definition) is 4. The molecule has 542 valence electrons. The Hall–Kier alpha value is -0.680. The first-order valence-electron chi connectivity index (χ1n) is 26.7. The van der Waals surface area contributed by atoms with Crippen molar-refractivity contribution in [1.82, 2.24) is 70.1 Å². The number of H-pyrrole nitrogens is 2. The van der Waals surface area contributed by atoms with E-state index in [-0.39, 0.29) is 34.8 Å². The number of thiazole rings is 2. The summed E-state index contributed by atoms with van der Waals surface area (Å²) in [6.45, 7) is 13.5. The molecule has 2 aromatic carbocycles. The lowest BCUT2D eigenvalue weighted by Crippen LogP contribution is -2.40. The number of nitrogens with one attached hydrogen (secondary N) is 3. The molecule has 10 rings (SSSR count). The molecule has 1 amide bonds. The van der Waals surface area contributed by atoms with Gasteiger partial charge in [0.25, 0.3) is 17.0 Å². The van der Waals surface area contributed by atoms with Crippen LogP contribution in [0.3, 0.4) is 0 Å². The molecule has 0 saturated heterocycles. The molecule has 54 heteroatoms. The third-order valence-corrected chi connectivity index (χ3v) is 76.5. The summed E-state index contributed by atoms with van der Waals surface area (Å²) in [6.07, 6.45) is 4.20. The maximum Gasteiger partial charge on any atom is 0.338 e. The lowest BCUT2D eigenvalue weighted by Gasteiger charge is -2.32. The van der Waals surface area contributed by atoms with E-state index in [4.69, 9.17) is 27.5 Å². The van der Waals surface area contributed by atoms with Crippen molar-refractivity contribution in [2.75, 3.05) is 13.1 Å². The van der Waals surface area contributed by atoms with Crippen LogP contribution in [0, 0.1) is 39.3 Å². The number of amides is 1. The number of nitrogens with zero attached hydrogens (tertiary/aromatic N) is 11. The van der Waals surface area contributed by atoms with Crippen LogP contribution in [-0.2, 0) is 306 Å². The van der Waals surface area contributed by atoms with E-state index in [1.54, 1.807) is 168 Å². The monoisotopic (exact) mass is 1970 g/mol. The number of rotatable bonds is 8. The molecule has 0 fully saturated rings. The van der Waals surface area contributed by atoms with Gasteiger partial charge in [-0.3, -0.25) is 14.4 Å². The molecule has 0 spiro atoms. The van der Waals surface area contributed by atoms with E-state index in [0.29, 0.717) is 65.2 Å². The fourth-order valence-corrected chi connectivity index (χ4v) is 83.6. The van der Waals surface area contributed by atoms with Gasteiger partial charge in [0, 0.05) is 346 Å². The van der Waals surface area contributed by atoms with Crippen molar-refractivity contribution in [2.45, 2.75) is 79.6 Å². The summed E-state index contributed by atoms with van der Waals surface area (Å²) in [5, 5.41) is 47.6. The van der Waals surface area contributed by atoms with Crippen LogP contribution >= 0.6 is 22.7 Å². The lowest BCUT2D eigenvalue weighted by molar-refractivity contribution is 0.0673. The number of aromatic carboxylic acids is 1. The molecule has 0 aliphatic carbocycles. The molecule has 0 radical (unpaired) electrons. The standard InChI is InChI=1S/C23H22FN7O2S.C14H13FN2O3.C9H11N5S.S31/c1-12-10-30(11-19-27-28-20(31(12)19)22-25-6-7-34-22)23(33)16-8-15(4-5-17(16)24)9-18-13(2)14(3)21(32)29-26-18;1-7-8(2)13(18)17-16-12(7)6-9-3-4-11(15)10(5-9)14(19)20;1-6-4-10-5-7-12-13-8(14(6)7)9-11-2-3-15-9;1-3-5-7-9-11-13-15-17-19-21-23-25-27-29-31-30-28-26-24-22-20-18-16-14-12-10-8-6-4-2/h4-8,12H,9-11H2,1-3H3,(H,29,32);3-5H,6H2,1-2H3,(H,17,18)(H,19,20);2-3,6,10H,4-5H2,1H3;.